The van der Waals surface area contributed by atoms with Crippen LogP contribution in [0.3, 0.4) is 0 Å². The maximum Gasteiger partial charge on any atom is 0.253 e. The van der Waals surface area contributed by atoms with Crippen LogP contribution in [0.1, 0.15) is 10.4 Å². The van der Waals surface area contributed by atoms with Crippen LogP contribution in [0, 0.1) is 0 Å². The Hall–Kier alpha value is -2.53. The third-order valence-electron chi connectivity index (χ3n) is 2.85. The quantitative estimate of drug-likeness (QED) is 0.801. The Morgan fingerprint density at radius 3 is 2.86 bits per heavy atom. The van der Waals surface area contributed by atoms with Crippen molar-refractivity contribution >= 4 is 28.9 Å². The second-order valence-corrected chi connectivity index (χ2v) is 4.84. The number of benzene rings is 1. The molecule has 0 atom stereocenters. The Kier molecular flexibility index (Phi) is 5.38. The molecule has 1 heterocycles. The molecule has 0 aliphatic carbocycles. The summed E-state index contributed by atoms with van der Waals surface area (Å²) < 4.78 is 5.11. The monoisotopic (exact) mass is 317 g/mol. The summed E-state index contributed by atoms with van der Waals surface area (Å²) in [5.41, 5.74) is 1.93. The molecule has 0 fully saturated rings. The van der Waals surface area contributed by atoms with E-state index in [9.17, 15) is 4.79 Å². The van der Waals surface area contributed by atoms with Crippen LogP contribution in [0.25, 0.3) is 0 Å². The Morgan fingerprint density at radius 2 is 2.18 bits per heavy atom. The normalized spacial score (nSPS) is 9.91. The van der Waals surface area contributed by atoms with Crippen LogP contribution in [-0.4, -0.2) is 24.5 Å². The Bertz CT molecular complexity index is 689. The van der Waals surface area contributed by atoms with Crippen LogP contribution >= 0.6 is 11.6 Å². The van der Waals surface area contributed by atoms with Gasteiger partial charge in [0.2, 0.25) is 0 Å². The molecule has 2 rings (SSSR count). The van der Waals surface area contributed by atoms with Crippen molar-refractivity contribution in [1.82, 2.24) is 10.3 Å². The van der Waals surface area contributed by atoms with E-state index in [1.54, 1.807) is 37.6 Å². The number of hydrogen-bond donors (Lipinski definition) is 2. The number of aromatic nitrogens is 1. The minimum absolute atomic E-state index is 0.205. The van der Waals surface area contributed by atoms with E-state index in [1.165, 1.54) is 6.20 Å². The smallest absolute Gasteiger partial charge is 0.253 e. The minimum atomic E-state index is -0.205. The molecule has 1 aromatic carbocycles. The van der Waals surface area contributed by atoms with E-state index in [2.05, 4.69) is 22.2 Å². The number of pyridine rings is 1. The highest BCUT2D eigenvalue weighted by atomic mass is 35.5. The Morgan fingerprint density at radius 1 is 1.36 bits per heavy atom. The molecule has 0 aliphatic rings. The molecule has 0 spiro atoms. The molecular formula is C16H16ClN3O2. The predicted molar refractivity (Wildman–Crippen MR) is 88.1 cm³/mol. The van der Waals surface area contributed by atoms with Crippen LogP contribution in [0.5, 0.6) is 5.75 Å². The van der Waals surface area contributed by atoms with Gasteiger partial charge >= 0.3 is 0 Å². The van der Waals surface area contributed by atoms with E-state index in [0.29, 0.717) is 28.6 Å². The predicted octanol–water partition coefficient (Wildman–Crippen LogP) is 3.40. The average molecular weight is 318 g/mol. The molecule has 5 nitrogen and oxygen atoms in total. The second kappa shape index (κ2) is 7.47. The number of amides is 1. The van der Waals surface area contributed by atoms with Crippen molar-refractivity contribution in [3.8, 4) is 5.75 Å². The fourth-order valence-electron chi connectivity index (χ4n) is 1.81. The first-order valence-electron chi connectivity index (χ1n) is 6.58. The topological polar surface area (TPSA) is 63.2 Å². The zero-order valence-electron chi connectivity index (χ0n) is 12.1. The first kappa shape index (κ1) is 15.9. The SMILES string of the molecule is C=CCNC(=O)c1cncc(Nc2ccc(OC)c(Cl)c2)c1. The largest absolute Gasteiger partial charge is 0.495 e. The molecule has 1 amide bonds. The first-order chi connectivity index (χ1) is 10.6. The van der Waals surface area contributed by atoms with Crippen molar-refractivity contribution in [2.24, 2.45) is 0 Å². The molecule has 0 bridgehead atoms. The maximum absolute atomic E-state index is 11.9. The summed E-state index contributed by atoms with van der Waals surface area (Å²) in [6.07, 6.45) is 4.75. The summed E-state index contributed by atoms with van der Waals surface area (Å²) in [5, 5.41) is 6.35. The van der Waals surface area contributed by atoms with Crippen molar-refractivity contribution in [3.05, 3.63) is 59.9 Å². The van der Waals surface area contributed by atoms with Gasteiger partial charge in [0.05, 0.1) is 29.6 Å². The number of carbonyl (C=O) groups excluding carboxylic acids is 1. The number of nitrogens with one attached hydrogen (secondary N) is 2. The fraction of sp³-hybridized carbons (Fsp3) is 0.125. The number of halogens is 1. The van der Waals surface area contributed by atoms with Gasteiger partial charge in [0, 0.05) is 18.4 Å². The molecule has 2 aromatic rings. The summed E-state index contributed by atoms with van der Waals surface area (Å²) in [5.74, 6) is 0.395. The van der Waals surface area contributed by atoms with Crippen molar-refractivity contribution in [2.75, 3.05) is 19.0 Å². The van der Waals surface area contributed by atoms with Gasteiger partial charge in [-0.2, -0.15) is 0 Å². The molecule has 0 radical (unpaired) electrons. The summed E-state index contributed by atoms with van der Waals surface area (Å²) >= 11 is 6.08. The molecule has 1 aromatic heterocycles. The summed E-state index contributed by atoms with van der Waals surface area (Å²) in [6, 6.07) is 7.04. The highest BCUT2D eigenvalue weighted by molar-refractivity contribution is 6.32. The lowest BCUT2D eigenvalue weighted by Gasteiger charge is -2.10. The summed E-state index contributed by atoms with van der Waals surface area (Å²) in [7, 11) is 1.56. The molecule has 114 valence electrons. The third-order valence-corrected chi connectivity index (χ3v) is 3.14. The van der Waals surface area contributed by atoms with E-state index >= 15 is 0 Å². The van der Waals surface area contributed by atoms with Gasteiger partial charge in [0.1, 0.15) is 5.75 Å². The first-order valence-corrected chi connectivity index (χ1v) is 6.96. The lowest BCUT2D eigenvalue weighted by atomic mass is 10.2. The lowest BCUT2D eigenvalue weighted by Crippen LogP contribution is -2.23. The molecule has 0 unspecified atom stereocenters. The van der Waals surface area contributed by atoms with E-state index in [0.717, 1.165) is 5.69 Å². The number of carbonyl (C=O) groups is 1. The van der Waals surface area contributed by atoms with Gasteiger partial charge in [-0.05, 0) is 24.3 Å². The van der Waals surface area contributed by atoms with Crippen LogP contribution in [0.2, 0.25) is 5.02 Å². The Labute approximate surface area is 134 Å². The number of hydrogen-bond acceptors (Lipinski definition) is 4. The van der Waals surface area contributed by atoms with Gasteiger partial charge in [-0.25, -0.2) is 0 Å². The van der Waals surface area contributed by atoms with Gasteiger partial charge in [-0.3, -0.25) is 9.78 Å². The number of methoxy groups -OCH3 is 1. The van der Waals surface area contributed by atoms with Crippen LogP contribution in [0.4, 0.5) is 11.4 Å². The second-order valence-electron chi connectivity index (χ2n) is 4.44. The standard InChI is InChI=1S/C16H16ClN3O2/c1-3-6-19-16(21)11-7-13(10-18-9-11)20-12-4-5-15(22-2)14(17)8-12/h3-5,7-10,20H,1,6H2,2H3,(H,19,21). The molecule has 0 saturated carbocycles. The van der Waals surface area contributed by atoms with Gasteiger partial charge in [-0.15, -0.1) is 6.58 Å². The molecular weight excluding hydrogens is 302 g/mol. The van der Waals surface area contributed by atoms with Crippen molar-refractivity contribution in [2.45, 2.75) is 0 Å². The minimum Gasteiger partial charge on any atom is -0.495 e. The van der Waals surface area contributed by atoms with Gasteiger partial charge in [-0.1, -0.05) is 17.7 Å². The number of ether oxygens (including phenoxy) is 1. The average Bonchev–Trinajstić information content (AvgIpc) is 2.53. The van der Waals surface area contributed by atoms with E-state index in [4.69, 9.17) is 16.3 Å². The highest BCUT2D eigenvalue weighted by Crippen LogP contribution is 2.28. The van der Waals surface area contributed by atoms with Gasteiger partial charge in [0.25, 0.3) is 5.91 Å². The van der Waals surface area contributed by atoms with E-state index in [-0.39, 0.29) is 5.91 Å². The lowest BCUT2D eigenvalue weighted by molar-refractivity contribution is 0.0957. The van der Waals surface area contributed by atoms with Crippen LogP contribution in [-0.2, 0) is 0 Å². The molecule has 2 N–H and O–H groups in total. The van der Waals surface area contributed by atoms with Gasteiger partial charge < -0.3 is 15.4 Å². The molecule has 0 saturated heterocycles. The molecule has 22 heavy (non-hydrogen) atoms. The van der Waals surface area contributed by atoms with Gasteiger partial charge in [0.15, 0.2) is 0 Å². The number of anilines is 2. The maximum atomic E-state index is 11.9. The van der Waals surface area contributed by atoms with Crippen molar-refractivity contribution < 1.29 is 9.53 Å². The van der Waals surface area contributed by atoms with Crippen LogP contribution < -0.4 is 15.4 Å². The molecule has 6 heteroatoms. The van der Waals surface area contributed by atoms with Crippen molar-refractivity contribution in [1.29, 1.82) is 0 Å². The van der Waals surface area contributed by atoms with Crippen LogP contribution in [0.15, 0.2) is 49.3 Å². The zero-order chi connectivity index (χ0) is 15.9. The molecule has 0 aliphatic heterocycles. The van der Waals surface area contributed by atoms with E-state index < -0.39 is 0 Å². The Balaban J connectivity index is 2.14. The fourth-order valence-corrected chi connectivity index (χ4v) is 2.07. The van der Waals surface area contributed by atoms with Crippen molar-refractivity contribution in [3.63, 3.8) is 0 Å². The third kappa shape index (κ3) is 3.99. The number of rotatable bonds is 6. The highest BCUT2D eigenvalue weighted by Gasteiger charge is 2.07. The summed E-state index contributed by atoms with van der Waals surface area (Å²) in [4.78, 5) is 15.9. The number of nitrogens with zero attached hydrogens (tertiary/aromatic N) is 1. The zero-order valence-corrected chi connectivity index (χ0v) is 12.9. The summed E-state index contributed by atoms with van der Waals surface area (Å²) in [6.45, 7) is 3.96. The van der Waals surface area contributed by atoms with E-state index in [1.807, 2.05) is 6.07 Å².